The number of rotatable bonds is 3. The average molecular weight is 248 g/mol. The zero-order valence-corrected chi connectivity index (χ0v) is 10.1. The van der Waals surface area contributed by atoms with Crippen LogP contribution in [0, 0.1) is 0 Å². The number of nitrogens with zero attached hydrogens (tertiary/aromatic N) is 1. The van der Waals surface area contributed by atoms with E-state index in [9.17, 15) is 9.18 Å². The number of nitrogens with one attached hydrogen (secondary N) is 1. The number of halogens is 1. The zero-order valence-electron chi connectivity index (χ0n) is 10.1. The van der Waals surface area contributed by atoms with Gasteiger partial charge in [0.25, 0.3) is 0 Å². The van der Waals surface area contributed by atoms with Crippen LogP contribution in [-0.4, -0.2) is 21.3 Å². The molecule has 1 aromatic heterocycles. The molecule has 0 saturated carbocycles. The maximum absolute atomic E-state index is 13.8. The van der Waals surface area contributed by atoms with E-state index in [1.54, 1.807) is 24.3 Å². The molecule has 94 valence electrons. The van der Waals surface area contributed by atoms with Crippen LogP contribution in [0.4, 0.5) is 4.39 Å². The van der Waals surface area contributed by atoms with Gasteiger partial charge in [-0.2, -0.15) is 5.10 Å². The van der Waals surface area contributed by atoms with Crippen LogP contribution in [0.5, 0.6) is 0 Å². The van der Waals surface area contributed by atoms with Crippen molar-refractivity contribution in [1.82, 2.24) is 10.2 Å². The molecule has 0 aliphatic rings. The summed E-state index contributed by atoms with van der Waals surface area (Å²) in [4.78, 5) is 10.7. The Morgan fingerprint density at radius 2 is 2.11 bits per heavy atom. The summed E-state index contributed by atoms with van der Waals surface area (Å²) in [6, 6.07) is 8.26. The van der Waals surface area contributed by atoms with Crippen LogP contribution >= 0.6 is 0 Å². The van der Waals surface area contributed by atoms with Crippen molar-refractivity contribution in [2.24, 2.45) is 0 Å². The quantitative estimate of drug-likeness (QED) is 0.877. The van der Waals surface area contributed by atoms with Gasteiger partial charge in [-0.15, -0.1) is 0 Å². The van der Waals surface area contributed by atoms with Crippen LogP contribution < -0.4 is 0 Å². The van der Waals surface area contributed by atoms with E-state index in [0.717, 1.165) is 0 Å². The minimum Gasteiger partial charge on any atom is -0.477 e. The summed E-state index contributed by atoms with van der Waals surface area (Å²) in [5.41, 5.74) is 0.261. The molecule has 0 amide bonds. The molecule has 1 aromatic carbocycles. The van der Waals surface area contributed by atoms with E-state index in [1.807, 2.05) is 0 Å². The minimum absolute atomic E-state index is 0.00918. The molecule has 2 N–H and O–H groups in total. The molecular formula is C13H13FN2O2. The van der Waals surface area contributed by atoms with E-state index >= 15 is 0 Å². The van der Waals surface area contributed by atoms with Crippen molar-refractivity contribution in [3.05, 3.63) is 41.6 Å². The molecule has 0 fully saturated rings. The largest absolute Gasteiger partial charge is 0.477 e. The van der Waals surface area contributed by atoms with Gasteiger partial charge in [0.05, 0.1) is 5.69 Å². The van der Waals surface area contributed by atoms with E-state index in [0.29, 0.717) is 16.8 Å². The third-order valence-corrected chi connectivity index (χ3v) is 2.65. The Morgan fingerprint density at radius 3 is 2.67 bits per heavy atom. The number of alkyl halides is 1. The Hall–Kier alpha value is -2.17. The smallest absolute Gasteiger partial charge is 0.353 e. The number of hydrogen-bond donors (Lipinski definition) is 2. The van der Waals surface area contributed by atoms with Gasteiger partial charge in [0.2, 0.25) is 0 Å². The maximum atomic E-state index is 13.8. The highest BCUT2D eigenvalue weighted by molar-refractivity contribution is 5.86. The molecule has 0 radical (unpaired) electrons. The SMILES string of the molecule is CC(C)(F)c1cccc(-c2cc(C(=O)O)[nH]n2)c1. The number of H-pyrrole nitrogens is 1. The third-order valence-electron chi connectivity index (χ3n) is 2.65. The number of carbonyl (C=O) groups is 1. The van der Waals surface area contributed by atoms with E-state index in [1.165, 1.54) is 19.9 Å². The van der Waals surface area contributed by atoms with Gasteiger partial charge in [0.15, 0.2) is 0 Å². The molecule has 5 heteroatoms. The second kappa shape index (κ2) is 4.25. The molecule has 0 bridgehead atoms. The molecule has 18 heavy (non-hydrogen) atoms. The molecular weight excluding hydrogens is 235 g/mol. The van der Waals surface area contributed by atoms with E-state index < -0.39 is 11.6 Å². The fraction of sp³-hybridized carbons (Fsp3) is 0.231. The van der Waals surface area contributed by atoms with Crippen molar-refractivity contribution in [3.8, 4) is 11.3 Å². The number of carboxylic acids is 1. The number of aromatic nitrogens is 2. The zero-order chi connectivity index (χ0) is 13.3. The maximum Gasteiger partial charge on any atom is 0.353 e. The fourth-order valence-corrected chi connectivity index (χ4v) is 1.63. The van der Waals surface area contributed by atoms with Crippen LogP contribution in [0.25, 0.3) is 11.3 Å². The molecule has 0 atom stereocenters. The second-order valence-corrected chi connectivity index (χ2v) is 4.53. The van der Waals surface area contributed by atoms with E-state index in [2.05, 4.69) is 10.2 Å². The Morgan fingerprint density at radius 1 is 1.39 bits per heavy atom. The molecule has 1 heterocycles. The Bertz CT molecular complexity index is 585. The van der Waals surface area contributed by atoms with Gasteiger partial charge in [-0.1, -0.05) is 18.2 Å². The summed E-state index contributed by atoms with van der Waals surface area (Å²) < 4.78 is 13.8. The first-order valence-corrected chi connectivity index (χ1v) is 5.46. The van der Waals surface area contributed by atoms with Crippen molar-refractivity contribution in [1.29, 1.82) is 0 Å². The highest BCUT2D eigenvalue weighted by atomic mass is 19.1. The second-order valence-electron chi connectivity index (χ2n) is 4.53. The van der Waals surface area contributed by atoms with Gasteiger partial charge in [-0.25, -0.2) is 9.18 Å². The summed E-state index contributed by atoms with van der Waals surface area (Å²) in [7, 11) is 0. The van der Waals surface area contributed by atoms with E-state index in [-0.39, 0.29) is 5.69 Å². The number of carboxylic acid groups (broad SMARTS) is 1. The average Bonchev–Trinajstić information content (AvgIpc) is 2.77. The summed E-state index contributed by atoms with van der Waals surface area (Å²) in [5.74, 6) is -1.07. The lowest BCUT2D eigenvalue weighted by molar-refractivity contribution is 0.0690. The molecule has 2 rings (SSSR count). The highest BCUT2D eigenvalue weighted by Gasteiger charge is 2.19. The molecule has 2 aromatic rings. The standard InChI is InChI=1S/C13H13FN2O2/c1-13(2,14)9-5-3-4-8(6-9)10-7-11(12(17)18)16-15-10/h3-7H,1-2H3,(H,15,16)(H,17,18). The predicted octanol–water partition coefficient (Wildman–Crippen LogP) is 2.98. The minimum atomic E-state index is -1.44. The van der Waals surface area contributed by atoms with Crippen LogP contribution in [0.3, 0.4) is 0 Å². The Labute approximate surface area is 103 Å². The van der Waals surface area contributed by atoms with Gasteiger partial charge in [0, 0.05) is 5.56 Å². The van der Waals surface area contributed by atoms with Crippen molar-refractivity contribution < 1.29 is 14.3 Å². The molecule has 0 aliphatic carbocycles. The Kier molecular flexibility index (Phi) is 2.90. The lowest BCUT2D eigenvalue weighted by atomic mass is 9.97. The van der Waals surface area contributed by atoms with Crippen molar-refractivity contribution >= 4 is 5.97 Å². The molecule has 0 aliphatic heterocycles. The predicted molar refractivity (Wildman–Crippen MR) is 65.1 cm³/mol. The lowest BCUT2D eigenvalue weighted by Crippen LogP contribution is -2.08. The topological polar surface area (TPSA) is 66.0 Å². The number of aromatic amines is 1. The normalized spacial score (nSPS) is 11.5. The van der Waals surface area contributed by atoms with Crippen molar-refractivity contribution in [3.63, 3.8) is 0 Å². The summed E-state index contributed by atoms with van der Waals surface area (Å²) in [6.45, 7) is 2.94. The first-order valence-electron chi connectivity index (χ1n) is 5.46. The van der Waals surface area contributed by atoms with Gasteiger partial charge in [-0.05, 0) is 31.5 Å². The highest BCUT2D eigenvalue weighted by Crippen LogP contribution is 2.28. The number of benzene rings is 1. The summed E-state index contributed by atoms with van der Waals surface area (Å²) in [6.07, 6.45) is 0. The first-order chi connectivity index (χ1) is 8.38. The Balaban J connectivity index is 2.41. The molecule has 0 spiro atoms. The van der Waals surface area contributed by atoms with Gasteiger partial charge in [0.1, 0.15) is 11.4 Å². The van der Waals surface area contributed by atoms with Crippen LogP contribution in [0.15, 0.2) is 30.3 Å². The van der Waals surface area contributed by atoms with Gasteiger partial charge >= 0.3 is 5.97 Å². The van der Waals surface area contributed by atoms with E-state index in [4.69, 9.17) is 5.11 Å². The van der Waals surface area contributed by atoms with Crippen molar-refractivity contribution in [2.75, 3.05) is 0 Å². The molecule has 0 saturated heterocycles. The molecule has 0 unspecified atom stereocenters. The third kappa shape index (κ3) is 2.40. The van der Waals surface area contributed by atoms with Gasteiger partial charge < -0.3 is 5.11 Å². The number of aromatic carboxylic acids is 1. The van der Waals surface area contributed by atoms with Gasteiger partial charge in [-0.3, -0.25) is 5.10 Å². The fourth-order valence-electron chi connectivity index (χ4n) is 1.63. The van der Waals surface area contributed by atoms with Crippen LogP contribution in [-0.2, 0) is 5.67 Å². The monoisotopic (exact) mass is 248 g/mol. The summed E-state index contributed by atoms with van der Waals surface area (Å²) in [5, 5.41) is 15.1. The van der Waals surface area contributed by atoms with Crippen LogP contribution in [0.1, 0.15) is 29.9 Å². The number of hydrogen-bond acceptors (Lipinski definition) is 2. The first kappa shape index (κ1) is 12.3. The van der Waals surface area contributed by atoms with Crippen molar-refractivity contribution in [2.45, 2.75) is 19.5 Å². The molecule has 4 nitrogen and oxygen atoms in total. The summed E-state index contributed by atoms with van der Waals surface area (Å²) >= 11 is 0. The van der Waals surface area contributed by atoms with Crippen LogP contribution in [0.2, 0.25) is 0 Å². The lowest BCUT2D eigenvalue weighted by Gasteiger charge is -2.15.